The Bertz CT molecular complexity index is 478. The first-order chi connectivity index (χ1) is 7.66. The van der Waals surface area contributed by atoms with Crippen molar-refractivity contribution >= 4 is 17.4 Å². The van der Waals surface area contributed by atoms with Gasteiger partial charge in [0.25, 0.3) is 0 Å². The van der Waals surface area contributed by atoms with E-state index in [-0.39, 0.29) is 5.28 Å². The number of aromatic nitrogens is 3. The molecule has 2 heterocycles. The predicted molar refractivity (Wildman–Crippen MR) is 60.3 cm³/mol. The molecule has 16 heavy (non-hydrogen) atoms. The van der Waals surface area contributed by atoms with Crippen LogP contribution in [0.3, 0.4) is 0 Å². The Hall–Kier alpha value is -1.62. The van der Waals surface area contributed by atoms with Crippen LogP contribution in [0.1, 0.15) is 17.0 Å². The quantitative estimate of drug-likeness (QED) is 0.832. The van der Waals surface area contributed by atoms with Crippen LogP contribution in [-0.2, 0) is 6.54 Å². The van der Waals surface area contributed by atoms with Gasteiger partial charge in [0.15, 0.2) is 0 Å². The van der Waals surface area contributed by atoms with Crippen molar-refractivity contribution in [2.45, 2.75) is 20.4 Å². The number of aryl methyl sites for hydroxylation is 2. The van der Waals surface area contributed by atoms with Crippen molar-refractivity contribution in [3.8, 4) is 0 Å². The first-order valence-corrected chi connectivity index (χ1v) is 5.19. The Morgan fingerprint density at radius 1 is 1.44 bits per heavy atom. The molecule has 0 spiro atoms. The second-order valence-electron chi connectivity index (χ2n) is 3.37. The van der Waals surface area contributed by atoms with Gasteiger partial charge in [0.1, 0.15) is 11.6 Å². The van der Waals surface area contributed by atoms with Gasteiger partial charge in [0.2, 0.25) is 5.28 Å². The smallest absolute Gasteiger partial charge is 0.224 e. The maximum absolute atomic E-state index is 5.67. The summed E-state index contributed by atoms with van der Waals surface area (Å²) in [7, 11) is 0. The van der Waals surface area contributed by atoms with E-state index in [1.807, 2.05) is 13.8 Å². The summed E-state index contributed by atoms with van der Waals surface area (Å²) in [6, 6.07) is 1.75. The maximum Gasteiger partial charge on any atom is 0.224 e. The first kappa shape index (κ1) is 10.9. The van der Waals surface area contributed by atoms with Crippen molar-refractivity contribution in [3.63, 3.8) is 0 Å². The molecule has 84 valence electrons. The Labute approximate surface area is 97.8 Å². The largest absolute Gasteiger partial charge is 0.366 e. The van der Waals surface area contributed by atoms with E-state index in [2.05, 4.69) is 20.4 Å². The van der Waals surface area contributed by atoms with Gasteiger partial charge in [-0.05, 0) is 31.5 Å². The highest BCUT2D eigenvalue weighted by molar-refractivity contribution is 6.28. The van der Waals surface area contributed by atoms with Gasteiger partial charge in [0, 0.05) is 18.3 Å². The molecule has 0 unspecified atom stereocenters. The zero-order chi connectivity index (χ0) is 11.5. The van der Waals surface area contributed by atoms with E-state index in [0.717, 1.165) is 17.0 Å². The Balaban J connectivity index is 2.08. The monoisotopic (exact) mass is 238 g/mol. The molecule has 0 amide bonds. The van der Waals surface area contributed by atoms with Crippen LogP contribution >= 0.6 is 11.6 Å². The normalized spacial score (nSPS) is 10.4. The highest BCUT2D eigenvalue weighted by atomic mass is 35.5. The average molecular weight is 239 g/mol. The summed E-state index contributed by atoms with van der Waals surface area (Å²) in [5.41, 5.74) is 1.92. The molecule has 1 N–H and O–H groups in total. The van der Waals surface area contributed by atoms with E-state index in [1.54, 1.807) is 12.3 Å². The zero-order valence-corrected chi connectivity index (χ0v) is 9.75. The van der Waals surface area contributed by atoms with Crippen LogP contribution in [0.25, 0.3) is 0 Å². The number of rotatable bonds is 3. The highest BCUT2D eigenvalue weighted by Crippen LogP contribution is 2.14. The van der Waals surface area contributed by atoms with Crippen LogP contribution in [0.4, 0.5) is 5.82 Å². The third-order valence-corrected chi connectivity index (χ3v) is 2.44. The molecule has 0 aliphatic rings. The van der Waals surface area contributed by atoms with Crippen LogP contribution in [0.5, 0.6) is 0 Å². The summed E-state index contributed by atoms with van der Waals surface area (Å²) < 4.78 is 5.06. The van der Waals surface area contributed by atoms with Crippen molar-refractivity contribution in [1.82, 2.24) is 15.1 Å². The van der Waals surface area contributed by atoms with Gasteiger partial charge in [0.05, 0.1) is 5.69 Å². The summed E-state index contributed by atoms with van der Waals surface area (Å²) in [4.78, 5) is 7.83. The second-order valence-corrected chi connectivity index (χ2v) is 3.71. The SMILES string of the molecule is Cc1noc(C)c1CNc1ccnc(Cl)n1. The maximum atomic E-state index is 5.67. The Kier molecular flexibility index (Phi) is 3.05. The van der Waals surface area contributed by atoms with Crippen LogP contribution < -0.4 is 5.32 Å². The summed E-state index contributed by atoms with van der Waals surface area (Å²) in [5.74, 6) is 1.49. The number of halogens is 1. The molecule has 6 heteroatoms. The molecule has 5 nitrogen and oxygen atoms in total. The van der Waals surface area contributed by atoms with Crippen molar-refractivity contribution in [3.05, 3.63) is 34.6 Å². The summed E-state index contributed by atoms with van der Waals surface area (Å²) in [6.45, 7) is 4.39. The fourth-order valence-electron chi connectivity index (χ4n) is 1.37. The third kappa shape index (κ3) is 2.30. The predicted octanol–water partition coefficient (Wildman–Crippen LogP) is 2.35. The molecule has 2 aromatic rings. The average Bonchev–Trinajstić information content (AvgIpc) is 2.56. The van der Waals surface area contributed by atoms with E-state index < -0.39 is 0 Å². The molecule has 0 fully saturated rings. The van der Waals surface area contributed by atoms with Gasteiger partial charge < -0.3 is 9.84 Å². The van der Waals surface area contributed by atoms with Crippen LogP contribution in [0, 0.1) is 13.8 Å². The molecular weight excluding hydrogens is 228 g/mol. The van der Waals surface area contributed by atoms with Gasteiger partial charge in [-0.15, -0.1) is 0 Å². The summed E-state index contributed by atoms with van der Waals surface area (Å²) in [5, 5.41) is 7.23. The minimum atomic E-state index is 0.226. The molecule has 0 aliphatic heterocycles. The molecule has 2 rings (SSSR count). The minimum absolute atomic E-state index is 0.226. The zero-order valence-electron chi connectivity index (χ0n) is 8.99. The number of nitrogens with zero attached hydrogens (tertiary/aromatic N) is 3. The second kappa shape index (κ2) is 4.49. The first-order valence-electron chi connectivity index (χ1n) is 4.81. The lowest BCUT2D eigenvalue weighted by Crippen LogP contribution is -2.03. The van der Waals surface area contributed by atoms with E-state index in [4.69, 9.17) is 16.1 Å². The molecule has 0 aromatic carbocycles. The summed E-state index contributed by atoms with van der Waals surface area (Å²) in [6.07, 6.45) is 1.60. The lowest BCUT2D eigenvalue weighted by atomic mass is 10.2. The lowest BCUT2D eigenvalue weighted by Gasteiger charge is -2.04. The van der Waals surface area contributed by atoms with Crippen molar-refractivity contribution in [2.75, 3.05) is 5.32 Å². The number of hydrogen-bond acceptors (Lipinski definition) is 5. The van der Waals surface area contributed by atoms with E-state index >= 15 is 0 Å². The Morgan fingerprint density at radius 3 is 2.88 bits per heavy atom. The van der Waals surface area contributed by atoms with Gasteiger partial charge in [-0.1, -0.05) is 5.16 Å². The lowest BCUT2D eigenvalue weighted by molar-refractivity contribution is 0.392. The Morgan fingerprint density at radius 2 is 2.25 bits per heavy atom. The topological polar surface area (TPSA) is 63.8 Å². The standard InChI is InChI=1S/C10H11ClN4O/c1-6-8(7(2)16-15-6)5-13-9-3-4-12-10(11)14-9/h3-4H,5H2,1-2H3,(H,12,13,14). The fraction of sp³-hybridized carbons (Fsp3) is 0.300. The van der Waals surface area contributed by atoms with Crippen LogP contribution in [-0.4, -0.2) is 15.1 Å². The number of hydrogen-bond donors (Lipinski definition) is 1. The molecule has 0 aliphatic carbocycles. The van der Waals surface area contributed by atoms with E-state index in [0.29, 0.717) is 12.4 Å². The van der Waals surface area contributed by atoms with Gasteiger partial charge in [-0.25, -0.2) is 9.97 Å². The molecule has 0 saturated heterocycles. The van der Waals surface area contributed by atoms with Crippen molar-refractivity contribution in [1.29, 1.82) is 0 Å². The van der Waals surface area contributed by atoms with Gasteiger partial charge in [-0.2, -0.15) is 0 Å². The number of anilines is 1. The van der Waals surface area contributed by atoms with Crippen molar-refractivity contribution in [2.24, 2.45) is 0 Å². The molecule has 0 atom stereocenters. The van der Waals surface area contributed by atoms with Crippen molar-refractivity contribution < 1.29 is 4.52 Å². The highest BCUT2D eigenvalue weighted by Gasteiger charge is 2.08. The van der Waals surface area contributed by atoms with E-state index in [1.165, 1.54) is 0 Å². The van der Waals surface area contributed by atoms with E-state index in [9.17, 15) is 0 Å². The molecule has 2 aromatic heterocycles. The van der Waals surface area contributed by atoms with Crippen LogP contribution in [0.15, 0.2) is 16.8 Å². The fourth-order valence-corrected chi connectivity index (χ4v) is 1.51. The van der Waals surface area contributed by atoms with Gasteiger partial charge >= 0.3 is 0 Å². The molecule has 0 radical (unpaired) electrons. The van der Waals surface area contributed by atoms with Crippen LogP contribution in [0.2, 0.25) is 5.28 Å². The molecule has 0 saturated carbocycles. The molecule has 0 bridgehead atoms. The molecular formula is C10H11ClN4O. The minimum Gasteiger partial charge on any atom is -0.366 e. The summed E-state index contributed by atoms with van der Waals surface area (Å²) >= 11 is 5.67. The third-order valence-electron chi connectivity index (χ3n) is 2.25. The van der Waals surface area contributed by atoms with Gasteiger partial charge in [-0.3, -0.25) is 0 Å². The number of nitrogens with one attached hydrogen (secondary N) is 1.